The summed E-state index contributed by atoms with van der Waals surface area (Å²) in [5.74, 6) is 0.802. The third-order valence-electron chi connectivity index (χ3n) is 2.33. The van der Waals surface area contributed by atoms with Crippen molar-refractivity contribution in [3.63, 3.8) is 0 Å². The van der Waals surface area contributed by atoms with Gasteiger partial charge in [-0.25, -0.2) is 0 Å². The average molecular weight is 266 g/mol. The molecule has 88 valence electrons. The molecule has 0 aliphatic carbocycles. The minimum Gasteiger partial charge on any atom is -0.392 e. The van der Waals surface area contributed by atoms with Crippen molar-refractivity contribution in [2.45, 2.75) is 17.3 Å². The molecule has 0 bridgehead atoms. The van der Waals surface area contributed by atoms with E-state index in [9.17, 15) is 0 Å². The van der Waals surface area contributed by atoms with Crippen LogP contribution < -0.4 is 0 Å². The van der Waals surface area contributed by atoms with Crippen molar-refractivity contribution >= 4 is 23.4 Å². The zero-order chi connectivity index (χ0) is 12.1. The summed E-state index contributed by atoms with van der Waals surface area (Å²) in [7, 11) is 0. The van der Waals surface area contributed by atoms with Gasteiger partial charge in [-0.3, -0.25) is 4.98 Å². The molecule has 2 nitrogen and oxygen atoms in total. The molecule has 0 aliphatic heterocycles. The molecule has 4 heteroatoms. The highest BCUT2D eigenvalue weighted by molar-refractivity contribution is 7.98. The molecule has 0 unspecified atom stereocenters. The summed E-state index contributed by atoms with van der Waals surface area (Å²) >= 11 is 7.73. The second-order valence-corrected chi connectivity index (χ2v) is 5.02. The van der Waals surface area contributed by atoms with Crippen molar-refractivity contribution < 1.29 is 5.11 Å². The van der Waals surface area contributed by atoms with Gasteiger partial charge in [0.15, 0.2) is 0 Å². The molecule has 0 atom stereocenters. The smallest absolute Gasteiger partial charge is 0.0682 e. The average Bonchev–Trinajstić information content (AvgIpc) is 2.38. The van der Waals surface area contributed by atoms with Gasteiger partial charge in [-0.1, -0.05) is 23.7 Å². The molecule has 2 aromatic rings. The molecular formula is C13H12ClNOS. The number of thioether (sulfide) groups is 1. The van der Waals surface area contributed by atoms with Crippen LogP contribution in [0.4, 0.5) is 0 Å². The van der Waals surface area contributed by atoms with Crippen molar-refractivity contribution in [1.29, 1.82) is 0 Å². The van der Waals surface area contributed by atoms with Crippen LogP contribution in [0.2, 0.25) is 5.02 Å². The van der Waals surface area contributed by atoms with Gasteiger partial charge in [0.05, 0.1) is 11.6 Å². The van der Waals surface area contributed by atoms with E-state index in [-0.39, 0.29) is 6.61 Å². The minimum atomic E-state index is 0.0738. The van der Waals surface area contributed by atoms with Gasteiger partial charge in [0.1, 0.15) is 0 Å². The number of hydrogen-bond donors (Lipinski definition) is 1. The van der Waals surface area contributed by atoms with E-state index in [4.69, 9.17) is 16.7 Å². The van der Waals surface area contributed by atoms with Gasteiger partial charge in [0.25, 0.3) is 0 Å². The van der Waals surface area contributed by atoms with Crippen molar-refractivity contribution in [3.8, 4) is 0 Å². The predicted octanol–water partition coefficient (Wildman–Crippen LogP) is 3.52. The van der Waals surface area contributed by atoms with Crippen LogP contribution in [0.15, 0.2) is 47.6 Å². The maximum Gasteiger partial charge on any atom is 0.0682 e. The number of hydrogen-bond acceptors (Lipinski definition) is 3. The number of nitrogens with zero attached hydrogens (tertiary/aromatic N) is 1. The molecule has 0 radical (unpaired) electrons. The van der Waals surface area contributed by atoms with E-state index in [0.29, 0.717) is 5.02 Å². The number of rotatable bonds is 4. The second kappa shape index (κ2) is 6.05. The minimum absolute atomic E-state index is 0.0738. The highest BCUT2D eigenvalue weighted by atomic mass is 35.5. The second-order valence-electron chi connectivity index (χ2n) is 3.56. The van der Waals surface area contributed by atoms with E-state index >= 15 is 0 Å². The Morgan fingerprint density at radius 2 is 2.18 bits per heavy atom. The first-order valence-corrected chi connectivity index (χ1v) is 6.57. The Labute approximate surface area is 110 Å². The molecule has 17 heavy (non-hydrogen) atoms. The van der Waals surface area contributed by atoms with Gasteiger partial charge in [-0.15, -0.1) is 11.8 Å². The van der Waals surface area contributed by atoms with Crippen molar-refractivity contribution in [1.82, 2.24) is 4.98 Å². The van der Waals surface area contributed by atoms with E-state index in [1.54, 1.807) is 24.2 Å². The summed E-state index contributed by atoms with van der Waals surface area (Å²) in [5.41, 5.74) is 2.00. The van der Waals surface area contributed by atoms with Crippen LogP contribution in [0.25, 0.3) is 0 Å². The zero-order valence-electron chi connectivity index (χ0n) is 9.14. The Morgan fingerprint density at radius 1 is 1.29 bits per heavy atom. The highest BCUT2D eigenvalue weighted by Crippen LogP contribution is 2.26. The Bertz CT molecular complexity index is 504. The molecule has 0 spiro atoms. The SMILES string of the molecule is OCc1cccc(SCc2ccncc2Cl)c1. The lowest BCUT2D eigenvalue weighted by molar-refractivity contribution is 0.281. The van der Waals surface area contributed by atoms with E-state index < -0.39 is 0 Å². The fourth-order valence-electron chi connectivity index (χ4n) is 1.42. The van der Waals surface area contributed by atoms with Crippen LogP contribution in [-0.2, 0) is 12.4 Å². The maximum atomic E-state index is 9.05. The summed E-state index contributed by atoms with van der Waals surface area (Å²) in [6, 6.07) is 9.79. The number of halogens is 1. The molecule has 2 rings (SSSR count). The van der Waals surface area contributed by atoms with Crippen LogP contribution in [0.3, 0.4) is 0 Å². The van der Waals surface area contributed by atoms with Gasteiger partial charge in [0, 0.05) is 23.0 Å². The summed E-state index contributed by atoms with van der Waals surface area (Å²) in [5, 5.41) is 9.75. The lowest BCUT2D eigenvalue weighted by Crippen LogP contribution is -1.86. The molecule has 0 saturated heterocycles. The van der Waals surface area contributed by atoms with Gasteiger partial charge >= 0.3 is 0 Å². The van der Waals surface area contributed by atoms with E-state index in [1.165, 1.54) is 0 Å². The number of aliphatic hydroxyl groups excluding tert-OH is 1. The lowest BCUT2D eigenvalue weighted by Gasteiger charge is -2.05. The van der Waals surface area contributed by atoms with Crippen LogP contribution in [-0.4, -0.2) is 10.1 Å². The molecule has 0 aliphatic rings. The zero-order valence-corrected chi connectivity index (χ0v) is 10.7. The number of aromatic nitrogens is 1. The molecule has 1 N–H and O–H groups in total. The molecule has 1 aromatic heterocycles. The van der Waals surface area contributed by atoms with Gasteiger partial charge in [-0.2, -0.15) is 0 Å². The first-order chi connectivity index (χ1) is 8.29. The first-order valence-electron chi connectivity index (χ1n) is 5.20. The van der Waals surface area contributed by atoms with E-state index in [1.807, 2.05) is 30.3 Å². The van der Waals surface area contributed by atoms with Crippen molar-refractivity contribution in [2.24, 2.45) is 0 Å². The highest BCUT2D eigenvalue weighted by Gasteiger charge is 2.01. The molecule has 1 heterocycles. The third-order valence-corrected chi connectivity index (χ3v) is 3.71. The summed E-state index contributed by atoms with van der Waals surface area (Å²) in [4.78, 5) is 5.08. The lowest BCUT2D eigenvalue weighted by atomic mass is 10.2. The van der Waals surface area contributed by atoms with Crippen molar-refractivity contribution in [2.75, 3.05) is 0 Å². The summed E-state index contributed by atoms with van der Waals surface area (Å²) in [6.07, 6.45) is 3.40. The summed E-state index contributed by atoms with van der Waals surface area (Å²) < 4.78 is 0. The third kappa shape index (κ3) is 3.46. The monoisotopic (exact) mass is 265 g/mol. The topological polar surface area (TPSA) is 33.1 Å². The van der Waals surface area contributed by atoms with E-state index in [2.05, 4.69) is 4.98 Å². The Morgan fingerprint density at radius 3 is 2.94 bits per heavy atom. The fraction of sp³-hybridized carbons (Fsp3) is 0.154. The van der Waals surface area contributed by atoms with Crippen LogP contribution in [0, 0.1) is 0 Å². The Balaban J connectivity index is 2.05. The molecule has 0 amide bonds. The molecular weight excluding hydrogens is 254 g/mol. The van der Waals surface area contributed by atoms with Crippen LogP contribution in [0.1, 0.15) is 11.1 Å². The Hall–Kier alpha value is -1.03. The number of aliphatic hydroxyl groups is 1. The normalized spacial score (nSPS) is 10.5. The first kappa shape index (κ1) is 12.4. The van der Waals surface area contributed by atoms with E-state index in [0.717, 1.165) is 21.8 Å². The maximum absolute atomic E-state index is 9.05. The quantitative estimate of drug-likeness (QED) is 0.859. The van der Waals surface area contributed by atoms with Crippen LogP contribution >= 0.6 is 23.4 Å². The number of benzene rings is 1. The standard InChI is InChI=1S/C13H12ClNOS/c14-13-7-15-5-4-11(13)9-17-12-3-1-2-10(6-12)8-16/h1-7,16H,8-9H2. The molecule has 1 aromatic carbocycles. The molecule has 0 fully saturated rings. The van der Waals surface area contributed by atoms with Gasteiger partial charge in [-0.05, 0) is 29.3 Å². The predicted molar refractivity (Wildman–Crippen MR) is 71.2 cm³/mol. The van der Waals surface area contributed by atoms with Gasteiger partial charge in [0.2, 0.25) is 0 Å². The van der Waals surface area contributed by atoms with Crippen LogP contribution in [0.5, 0.6) is 0 Å². The number of pyridine rings is 1. The Kier molecular flexibility index (Phi) is 4.42. The largest absolute Gasteiger partial charge is 0.392 e. The fourth-order valence-corrected chi connectivity index (χ4v) is 2.66. The summed E-state index contributed by atoms with van der Waals surface area (Å²) in [6.45, 7) is 0.0738. The molecule has 0 saturated carbocycles. The van der Waals surface area contributed by atoms with Gasteiger partial charge < -0.3 is 5.11 Å². The van der Waals surface area contributed by atoms with Crippen molar-refractivity contribution in [3.05, 3.63) is 58.9 Å².